The lowest BCUT2D eigenvalue weighted by Crippen LogP contribution is -2.30. The van der Waals surface area contributed by atoms with Crippen LogP contribution in [0.2, 0.25) is 10.0 Å². The van der Waals surface area contributed by atoms with Crippen molar-refractivity contribution in [2.75, 3.05) is 6.54 Å². The molecule has 0 bridgehead atoms. The fraction of sp³-hybridized carbons (Fsp3) is 0.304. The second-order valence-electron chi connectivity index (χ2n) is 7.58. The highest BCUT2D eigenvalue weighted by Gasteiger charge is 2.41. The van der Waals surface area contributed by atoms with Crippen molar-refractivity contribution < 1.29 is 0 Å². The number of benzene rings is 1. The number of nitrogens with zero attached hydrogens (tertiary/aromatic N) is 3. The van der Waals surface area contributed by atoms with Crippen molar-refractivity contribution in [2.45, 2.75) is 39.3 Å². The quantitative estimate of drug-likeness (QED) is 0.462. The van der Waals surface area contributed by atoms with Gasteiger partial charge in [0.05, 0.1) is 28.5 Å². The summed E-state index contributed by atoms with van der Waals surface area (Å²) in [5.41, 5.74) is 5.37. The van der Waals surface area contributed by atoms with Crippen molar-refractivity contribution in [1.82, 2.24) is 19.8 Å². The molecule has 156 valence electrons. The second kappa shape index (κ2) is 8.58. The Morgan fingerprint density at radius 2 is 1.93 bits per heavy atom. The van der Waals surface area contributed by atoms with Crippen LogP contribution in [-0.2, 0) is 0 Å². The van der Waals surface area contributed by atoms with Crippen LogP contribution in [0.25, 0.3) is 5.69 Å². The highest BCUT2D eigenvalue weighted by molar-refractivity contribution is 7.80. The Morgan fingerprint density at radius 3 is 2.60 bits per heavy atom. The lowest BCUT2D eigenvalue weighted by molar-refractivity contribution is 0.316. The van der Waals surface area contributed by atoms with Crippen molar-refractivity contribution in [1.29, 1.82) is 0 Å². The molecule has 1 saturated heterocycles. The number of hydrogen-bond acceptors (Lipinski definition) is 2. The van der Waals surface area contributed by atoms with Crippen molar-refractivity contribution in [3.05, 3.63) is 81.4 Å². The van der Waals surface area contributed by atoms with Gasteiger partial charge in [-0.2, -0.15) is 0 Å². The Labute approximate surface area is 192 Å². The van der Waals surface area contributed by atoms with E-state index in [0.29, 0.717) is 10.0 Å². The number of aromatic nitrogens is 2. The minimum Gasteiger partial charge on any atom is -0.352 e. The van der Waals surface area contributed by atoms with Gasteiger partial charge in [0.2, 0.25) is 0 Å². The molecule has 3 aromatic rings. The van der Waals surface area contributed by atoms with Crippen molar-refractivity contribution in [3.8, 4) is 5.69 Å². The number of nitrogens with one attached hydrogen (secondary N) is 1. The van der Waals surface area contributed by atoms with Gasteiger partial charge in [-0.05, 0) is 74.4 Å². The van der Waals surface area contributed by atoms with Gasteiger partial charge < -0.3 is 14.8 Å². The molecule has 4 nitrogen and oxygen atoms in total. The van der Waals surface area contributed by atoms with Gasteiger partial charge in [0.15, 0.2) is 5.11 Å². The molecule has 7 heteroatoms. The zero-order valence-corrected chi connectivity index (χ0v) is 19.5. The highest BCUT2D eigenvalue weighted by atomic mass is 35.5. The number of aryl methyl sites for hydroxylation is 1. The first kappa shape index (κ1) is 21.2. The lowest BCUT2D eigenvalue weighted by Gasteiger charge is -2.27. The summed E-state index contributed by atoms with van der Waals surface area (Å²) < 4.78 is 2.19. The SMILES string of the molecule is CCCN1C(=S)N[C@@H](c2ccccn2)[C@H]1c1cc(C)n(-c2ccc(Cl)cc2Cl)c1C. The molecule has 1 fully saturated rings. The first-order valence-corrected chi connectivity index (χ1v) is 11.2. The van der Waals surface area contributed by atoms with Gasteiger partial charge in [0.25, 0.3) is 0 Å². The van der Waals surface area contributed by atoms with Gasteiger partial charge in [0.1, 0.15) is 0 Å². The van der Waals surface area contributed by atoms with Gasteiger partial charge in [-0.3, -0.25) is 4.98 Å². The van der Waals surface area contributed by atoms with E-state index in [1.165, 1.54) is 5.56 Å². The van der Waals surface area contributed by atoms with E-state index in [1.807, 2.05) is 30.5 Å². The summed E-state index contributed by atoms with van der Waals surface area (Å²) in [7, 11) is 0. The van der Waals surface area contributed by atoms with Crippen LogP contribution in [0.15, 0.2) is 48.7 Å². The van der Waals surface area contributed by atoms with Gasteiger partial charge in [0, 0.05) is 29.2 Å². The number of hydrogen-bond donors (Lipinski definition) is 1. The van der Waals surface area contributed by atoms with E-state index in [1.54, 1.807) is 6.07 Å². The monoisotopic (exact) mass is 458 g/mol. The fourth-order valence-corrected chi connectivity index (χ4v) is 5.17. The molecule has 1 N–H and O–H groups in total. The minimum absolute atomic E-state index is 0.0140. The Hall–Kier alpha value is -2.08. The van der Waals surface area contributed by atoms with Crippen LogP contribution in [0.4, 0.5) is 0 Å². The normalized spacial score (nSPS) is 18.7. The van der Waals surface area contributed by atoms with E-state index >= 15 is 0 Å². The minimum atomic E-state index is -0.0140. The topological polar surface area (TPSA) is 33.1 Å². The predicted octanol–water partition coefficient (Wildman–Crippen LogP) is 6.18. The second-order valence-corrected chi connectivity index (χ2v) is 8.81. The summed E-state index contributed by atoms with van der Waals surface area (Å²) in [6.45, 7) is 7.28. The van der Waals surface area contributed by atoms with E-state index in [2.05, 4.69) is 52.7 Å². The molecule has 2 atom stereocenters. The van der Waals surface area contributed by atoms with Gasteiger partial charge in [-0.25, -0.2) is 0 Å². The van der Waals surface area contributed by atoms with Crippen LogP contribution in [0.1, 0.15) is 48.1 Å². The number of thiocarbonyl (C=S) groups is 1. The standard InChI is InChI=1S/C23H24Cl2N4S/c1-4-11-28-22(21(27-23(28)30)19-7-5-6-10-26-19)17-12-14(2)29(15(17)3)20-9-8-16(24)13-18(20)25/h5-10,12-13,21-22H,4,11H2,1-3H3,(H,27,30)/t21-,22+/m0/s1. The van der Waals surface area contributed by atoms with E-state index in [9.17, 15) is 0 Å². The van der Waals surface area contributed by atoms with Gasteiger partial charge >= 0.3 is 0 Å². The Balaban J connectivity index is 1.85. The Kier molecular flexibility index (Phi) is 6.05. The third-order valence-corrected chi connectivity index (χ3v) is 6.49. The number of pyridine rings is 1. The molecule has 0 radical (unpaired) electrons. The van der Waals surface area contributed by atoms with Crippen LogP contribution in [-0.4, -0.2) is 26.1 Å². The third-order valence-electron chi connectivity index (χ3n) is 5.60. The molecule has 2 aromatic heterocycles. The molecule has 4 rings (SSSR count). The first-order valence-electron chi connectivity index (χ1n) is 10.0. The molecule has 0 saturated carbocycles. The van der Waals surface area contributed by atoms with Crippen LogP contribution in [0, 0.1) is 13.8 Å². The molecule has 1 aliphatic heterocycles. The third kappa shape index (κ3) is 3.70. The summed E-state index contributed by atoms with van der Waals surface area (Å²) >= 11 is 18.4. The zero-order chi connectivity index (χ0) is 21.4. The molecular weight excluding hydrogens is 435 g/mol. The van der Waals surface area contributed by atoms with Crippen LogP contribution < -0.4 is 5.32 Å². The Bertz CT molecular complexity index is 1080. The van der Waals surface area contributed by atoms with E-state index < -0.39 is 0 Å². The summed E-state index contributed by atoms with van der Waals surface area (Å²) in [5.74, 6) is 0. The summed E-state index contributed by atoms with van der Waals surface area (Å²) in [6, 6.07) is 13.9. The lowest BCUT2D eigenvalue weighted by atomic mass is 9.96. The summed E-state index contributed by atoms with van der Waals surface area (Å²) in [4.78, 5) is 6.90. The van der Waals surface area contributed by atoms with Gasteiger partial charge in [-0.1, -0.05) is 36.2 Å². The zero-order valence-electron chi connectivity index (χ0n) is 17.2. The van der Waals surface area contributed by atoms with Crippen molar-refractivity contribution in [2.24, 2.45) is 0 Å². The smallest absolute Gasteiger partial charge is 0.170 e. The molecule has 1 aromatic carbocycles. The maximum atomic E-state index is 6.54. The van der Waals surface area contributed by atoms with E-state index in [4.69, 9.17) is 35.4 Å². The summed E-state index contributed by atoms with van der Waals surface area (Å²) in [6.07, 6.45) is 2.84. The molecule has 0 spiro atoms. The first-order chi connectivity index (χ1) is 14.4. The largest absolute Gasteiger partial charge is 0.352 e. The maximum Gasteiger partial charge on any atom is 0.170 e. The van der Waals surface area contributed by atoms with Crippen LogP contribution in [0.3, 0.4) is 0 Å². The average Bonchev–Trinajstić information content (AvgIpc) is 3.19. The van der Waals surface area contributed by atoms with Crippen LogP contribution in [0.5, 0.6) is 0 Å². The fourth-order valence-electron chi connectivity index (χ4n) is 4.35. The van der Waals surface area contributed by atoms with Crippen molar-refractivity contribution >= 4 is 40.5 Å². The molecule has 0 unspecified atom stereocenters. The molecule has 0 amide bonds. The molecule has 3 heterocycles. The van der Waals surface area contributed by atoms with Gasteiger partial charge in [-0.15, -0.1) is 0 Å². The van der Waals surface area contributed by atoms with Crippen molar-refractivity contribution in [3.63, 3.8) is 0 Å². The number of rotatable bonds is 5. The molecule has 0 aliphatic carbocycles. The molecule has 30 heavy (non-hydrogen) atoms. The molecule has 1 aliphatic rings. The predicted molar refractivity (Wildman–Crippen MR) is 128 cm³/mol. The molecular formula is C23H24Cl2N4S. The average molecular weight is 459 g/mol. The summed E-state index contributed by atoms with van der Waals surface area (Å²) in [5, 5.41) is 5.53. The highest BCUT2D eigenvalue weighted by Crippen LogP contribution is 2.42. The Morgan fingerprint density at radius 1 is 1.13 bits per heavy atom. The van der Waals surface area contributed by atoms with E-state index in [0.717, 1.165) is 40.8 Å². The number of halogens is 2. The van der Waals surface area contributed by atoms with Crippen LogP contribution >= 0.6 is 35.4 Å². The maximum absolute atomic E-state index is 6.54. The van der Waals surface area contributed by atoms with E-state index in [-0.39, 0.29) is 12.1 Å².